The Morgan fingerprint density at radius 1 is 0.958 bits per heavy atom. The van der Waals surface area contributed by atoms with Gasteiger partial charge in [0, 0.05) is 5.56 Å². The SMILES string of the molecule is O=C(O)C(=Cc1ccc(C(F)(F)F)cc1)NC(=O)c1ccccc1. The molecule has 24 heavy (non-hydrogen) atoms. The van der Waals surface area contributed by atoms with Crippen LogP contribution >= 0.6 is 0 Å². The second-order valence-electron chi connectivity index (χ2n) is 4.80. The van der Waals surface area contributed by atoms with E-state index >= 15 is 0 Å². The molecule has 0 unspecified atom stereocenters. The monoisotopic (exact) mass is 335 g/mol. The van der Waals surface area contributed by atoms with Crippen LogP contribution in [-0.2, 0) is 11.0 Å². The van der Waals surface area contributed by atoms with E-state index in [0.717, 1.165) is 30.3 Å². The molecule has 2 aromatic carbocycles. The number of carbonyl (C=O) groups excluding carboxylic acids is 1. The summed E-state index contributed by atoms with van der Waals surface area (Å²) in [5.41, 5.74) is -0.806. The zero-order chi connectivity index (χ0) is 17.7. The molecule has 0 atom stereocenters. The minimum Gasteiger partial charge on any atom is -0.477 e. The Balaban J connectivity index is 2.23. The van der Waals surface area contributed by atoms with Crippen molar-refractivity contribution in [2.45, 2.75) is 6.18 Å². The molecule has 0 heterocycles. The average molecular weight is 335 g/mol. The van der Waals surface area contributed by atoms with Crippen LogP contribution in [0.4, 0.5) is 13.2 Å². The first-order chi connectivity index (χ1) is 11.3. The molecule has 2 aromatic rings. The lowest BCUT2D eigenvalue weighted by atomic mass is 10.1. The van der Waals surface area contributed by atoms with Crippen LogP contribution < -0.4 is 5.32 Å². The van der Waals surface area contributed by atoms with Crippen LogP contribution in [-0.4, -0.2) is 17.0 Å². The fourth-order valence-corrected chi connectivity index (χ4v) is 1.87. The number of hydrogen-bond donors (Lipinski definition) is 2. The van der Waals surface area contributed by atoms with Crippen molar-refractivity contribution >= 4 is 18.0 Å². The molecule has 0 bridgehead atoms. The zero-order valence-corrected chi connectivity index (χ0v) is 12.2. The number of carboxylic acid groups (broad SMARTS) is 1. The van der Waals surface area contributed by atoms with Gasteiger partial charge in [0.25, 0.3) is 5.91 Å². The maximum absolute atomic E-state index is 12.5. The van der Waals surface area contributed by atoms with Crippen molar-refractivity contribution in [1.29, 1.82) is 0 Å². The molecule has 0 aliphatic rings. The molecule has 124 valence electrons. The third-order valence-electron chi connectivity index (χ3n) is 3.06. The molecule has 0 saturated heterocycles. The zero-order valence-electron chi connectivity index (χ0n) is 12.2. The second-order valence-corrected chi connectivity index (χ2v) is 4.80. The summed E-state index contributed by atoms with van der Waals surface area (Å²) in [6, 6.07) is 11.9. The van der Waals surface area contributed by atoms with Crippen molar-refractivity contribution in [2.24, 2.45) is 0 Å². The fraction of sp³-hybridized carbons (Fsp3) is 0.0588. The third kappa shape index (κ3) is 4.45. The molecular formula is C17H12F3NO3. The van der Waals surface area contributed by atoms with Crippen molar-refractivity contribution in [2.75, 3.05) is 0 Å². The van der Waals surface area contributed by atoms with E-state index in [0.29, 0.717) is 0 Å². The van der Waals surface area contributed by atoms with Gasteiger partial charge in [-0.1, -0.05) is 30.3 Å². The summed E-state index contributed by atoms with van der Waals surface area (Å²) in [4.78, 5) is 23.2. The first kappa shape index (κ1) is 17.3. The fourth-order valence-electron chi connectivity index (χ4n) is 1.87. The summed E-state index contributed by atoms with van der Waals surface area (Å²) < 4.78 is 37.5. The Labute approximate surface area is 135 Å². The van der Waals surface area contributed by atoms with E-state index in [1.165, 1.54) is 12.1 Å². The highest BCUT2D eigenvalue weighted by Crippen LogP contribution is 2.29. The highest BCUT2D eigenvalue weighted by atomic mass is 19.4. The minimum absolute atomic E-state index is 0.216. The molecule has 2 rings (SSSR count). The summed E-state index contributed by atoms with van der Waals surface area (Å²) in [6.07, 6.45) is -3.39. The predicted molar refractivity (Wildman–Crippen MR) is 81.0 cm³/mol. The Morgan fingerprint density at radius 2 is 1.54 bits per heavy atom. The van der Waals surface area contributed by atoms with Crippen LogP contribution in [0.1, 0.15) is 21.5 Å². The van der Waals surface area contributed by atoms with Crippen LogP contribution in [0.3, 0.4) is 0 Å². The van der Waals surface area contributed by atoms with Crippen molar-refractivity contribution in [1.82, 2.24) is 5.32 Å². The largest absolute Gasteiger partial charge is 0.477 e. The lowest BCUT2D eigenvalue weighted by molar-refractivity contribution is -0.137. The summed E-state index contributed by atoms with van der Waals surface area (Å²) in [5, 5.41) is 11.4. The quantitative estimate of drug-likeness (QED) is 0.840. The van der Waals surface area contributed by atoms with Crippen molar-refractivity contribution in [3.63, 3.8) is 0 Å². The van der Waals surface area contributed by atoms with Gasteiger partial charge in [-0.15, -0.1) is 0 Å². The molecular weight excluding hydrogens is 323 g/mol. The van der Waals surface area contributed by atoms with Crippen LogP contribution in [0, 0.1) is 0 Å². The number of alkyl halides is 3. The Morgan fingerprint density at radius 3 is 2.04 bits per heavy atom. The molecule has 0 aliphatic heterocycles. The maximum Gasteiger partial charge on any atom is 0.416 e. The number of amides is 1. The minimum atomic E-state index is -4.47. The van der Waals surface area contributed by atoms with Gasteiger partial charge in [-0.25, -0.2) is 4.79 Å². The van der Waals surface area contributed by atoms with E-state index in [4.69, 9.17) is 5.11 Å². The number of nitrogens with one attached hydrogen (secondary N) is 1. The third-order valence-corrected chi connectivity index (χ3v) is 3.06. The van der Waals surface area contributed by atoms with Gasteiger partial charge in [0.2, 0.25) is 0 Å². The lowest BCUT2D eigenvalue weighted by Gasteiger charge is -2.08. The van der Waals surface area contributed by atoms with Crippen molar-refractivity contribution in [3.05, 3.63) is 77.0 Å². The van der Waals surface area contributed by atoms with Crippen LogP contribution in [0.25, 0.3) is 6.08 Å². The van der Waals surface area contributed by atoms with E-state index in [2.05, 4.69) is 5.32 Å². The van der Waals surface area contributed by atoms with Crippen molar-refractivity contribution < 1.29 is 27.9 Å². The van der Waals surface area contributed by atoms with Gasteiger partial charge in [-0.2, -0.15) is 13.2 Å². The summed E-state index contributed by atoms with van der Waals surface area (Å²) in [6.45, 7) is 0. The van der Waals surface area contributed by atoms with Gasteiger partial charge in [0.15, 0.2) is 0 Å². The summed E-state index contributed by atoms with van der Waals surface area (Å²) >= 11 is 0. The first-order valence-corrected chi connectivity index (χ1v) is 6.76. The molecule has 0 aliphatic carbocycles. The highest BCUT2D eigenvalue weighted by molar-refractivity contribution is 6.02. The van der Waals surface area contributed by atoms with Gasteiger partial charge < -0.3 is 10.4 Å². The van der Waals surface area contributed by atoms with Crippen LogP contribution in [0.15, 0.2) is 60.3 Å². The van der Waals surface area contributed by atoms with E-state index in [1.54, 1.807) is 18.2 Å². The normalized spacial score (nSPS) is 11.9. The Bertz CT molecular complexity index is 766. The van der Waals surface area contributed by atoms with Gasteiger partial charge in [-0.05, 0) is 35.9 Å². The summed E-state index contributed by atoms with van der Waals surface area (Å²) in [5.74, 6) is -2.03. The van der Waals surface area contributed by atoms with Gasteiger partial charge in [-0.3, -0.25) is 4.79 Å². The molecule has 0 spiro atoms. The molecule has 0 fully saturated rings. The Hall–Kier alpha value is -3.09. The number of aliphatic carboxylic acids is 1. The van der Waals surface area contributed by atoms with E-state index in [1.807, 2.05) is 0 Å². The molecule has 0 saturated carbocycles. The molecule has 4 nitrogen and oxygen atoms in total. The smallest absolute Gasteiger partial charge is 0.416 e. The standard InChI is InChI=1S/C17H12F3NO3/c18-17(19,20)13-8-6-11(7-9-13)10-14(16(23)24)21-15(22)12-4-2-1-3-5-12/h1-10H,(H,21,22)(H,23,24). The molecule has 0 radical (unpaired) electrons. The number of carbonyl (C=O) groups is 2. The van der Waals surface area contributed by atoms with Crippen LogP contribution in [0.2, 0.25) is 0 Å². The number of carboxylic acids is 1. The average Bonchev–Trinajstić information content (AvgIpc) is 2.54. The molecule has 2 N–H and O–H groups in total. The number of halogens is 3. The summed E-state index contributed by atoms with van der Waals surface area (Å²) in [7, 11) is 0. The molecule has 0 aromatic heterocycles. The highest BCUT2D eigenvalue weighted by Gasteiger charge is 2.29. The Kier molecular flexibility index (Phi) is 5.03. The second kappa shape index (κ2) is 6.99. The van der Waals surface area contributed by atoms with E-state index in [9.17, 15) is 22.8 Å². The van der Waals surface area contributed by atoms with E-state index < -0.39 is 29.3 Å². The number of hydrogen-bond acceptors (Lipinski definition) is 2. The first-order valence-electron chi connectivity index (χ1n) is 6.76. The molecule has 7 heteroatoms. The lowest BCUT2D eigenvalue weighted by Crippen LogP contribution is -2.27. The van der Waals surface area contributed by atoms with Gasteiger partial charge in [0.05, 0.1) is 5.56 Å². The van der Waals surface area contributed by atoms with Gasteiger partial charge >= 0.3 is 12.1 Å². The predicted octanol–water partition coefficient (Wildman–Crippen LogP) is 3.56. The number of benzene rings is 2. The topological polar surface area (TPSA) is 66.4 Å². The van der Waals surface area contributed by atoms with Gasteiger partial charge in [0.1, 0.15) is 5.70 Å². The maximum atomic E-state index is 12.5. The number of rotatable bonds is 4. The molecule has 1 amide bonds. The van der Waals surface area contributed by atoms with Crippen LogP contribution in [0.5, 0.6) is 0 Å². The van der Waals surface area contributed by atoms with E-state index in [-0.39, 0.29) is 11.1 Å². The van der Waals surface area contributed by atoms with Crippen molar-refractivity contribution in [3.8, 4) is 0 Å².